The van der Waals surface area contributed by atoms with E-state index in [1.165, 1.54) is 11.8 Å². The van der Waals surface area contributed by atoms with Crippen molar-refractivity contribution in [2.24, 2.45) is 0 Å². The van der Waals surface area contributed by atoms with Crippen LogP contribution in [0.3, 0.4) is 0 Å². The van der Waals surface area contributed by atoms with Crippen LogP contribution in [0.2, 0.25) is 0 Å². The van der Waals surface area contributed by atoms with Gasteiger partial charge in [-0.3, -0.25) is 14.3 Å². The quantitative estimate of drug-likeness (QED) is 0.564. The molecular formula is C20H31N3O2S. The molecule has 0 aliphatic rings. The molecule has 1 aromatic heterocycles. The minimum Gasteiger partial charge on any atom is -0.390 e. The smallest absolute Gasteiger partial charge is 0.262 e. The fourth-order valence-electron chi connectivity index (χ4n) is 3.02. The Morgan fingerprint density at radius 3 is 2.38 bits per heavy atom. The molecule has 0 radical (unpaired) electrons. The molecule has 1 N–H and O–H groups in total. The van der Waals surface area contributed by atoms with Gasteiger partial charge in [0.1, 0.15) is 0 Å². The molecule has 0 aliphatic heterocycles. The second-order valence-electron chi connectivity index (χ2n) is 7.89. The number of aliphatic hydroxyl groups is 1. The van der Waals surface area contributed by atoms with E-state index in [0.717, 1.165) is 6.54 Å². The van der Waals surface area contributed by atoms with Gasteiger partial charge in [0.05, 0.1) is 16.5 Å². The van der Waals surface area contributed by atoms with Crippen LogP contribution in [0.15, 0.2) is 34.2 Å². The van der Waals surface area contributed by atoms with E-state index < -0.39 is 5.60 Å². The summed E-state index contributed by atoms with van der Waals surface area (Å²) in [6.45, 7) is 13.6. The Labute approximate surface area is 160 Å². The van der Waals surface area contributed by atoms with Gasteiger partial charge in [-0.05, 0) is 53.7 Å². The third-order valence-electron chi connectivity index (χ3n) is 4.29. The summed E-state index contributed by atoms with van der Waals surface area (Å²) in [6, 6.07) is 8.27. The van der Waals surface area contributed by atoms with E-state index in [0.29, 0.717) is 40.4 Å². The lowest BCUT2D eigenvalue weighted by atomic mass is 10.2. The van der Waals surface area contributed by atoms with E-state index in [1.54, 1.807) is 18.4 Å². The first-order valence-electron chi connectivity index (χ1n) is 9.20. The summed E-state index contributed by atoms with van der Waals surface area (Å²) in [7, 11) is 0. The Morgan fingerprint density at radius 1 is 1.19 bits per heavy atom. The zero-order valence-electron chi connectivity index (χ0n) is 16.7. The molecule has 6 heteroatoms. The molecular weight excluding hydrogens is 346 g/mol. The number of hydrogen-bond acceptors (Lipinski definition) is 5. The molecule has 0 saturated heterocycles. The Balaban J connectivity index is 2.40. The lowest BCUT2D eigenvalue weighted by molar-refractivity contribution is 0.107. The van der Waals surface area contributed by atoms with E-state index >= 15 is 0 Å². The highest BCUT2D eigenvalue weighted by molar-refractivity contribution is 7.99. The first kappa shape index (κ1) is 20.9. The maximum atomic E-state index is 13.1. The first-order valence-corrected chi connectivity index (χ1v) is 10.2. The van der Waals surface area contributed by atoms with Crippen molar-refractivity contribution in [3.63, 3.8) is 0 Å². The maximum absolute atomic E-state index is 13.1. The molecule has 0 fully saturated rings. The number of hydrogen-bond donors (Lipinski definition) is 1. The van der Waals surface area contributed by atoms with Crippen LogP contribution in [0, 0.1) is 0 Å². The second-order valence-corrected chi connectivity index (χ2v) is 8.84. The molecule has 5 nitrogen and oxygen atoms in total. The summed E-state index contributed by atoms with van der Waals surface area (Å²) in [5, 5.41) is 11.4. The lowest BCUT2D eigenvalue weighted by Crippen LogP contribution is -2.40. The number of fused-ring (bicyclic) bond motifs is 1. The highest BCUT2D eigenvalue weighted by Crippen LogP contribution is 2.22. The normalized spacial score (nSPS) is 12.7. The average molecular weight is 378 g/mol. The number of aromatic nitrogens is 2. The van der Waals surface area contributed by atoms with E-state index in [1.807, 2.05) is 24.3 Å². The highest BCUT2D eigenvalue weighted by Gasteiger charge is 2.19. The third-order valence-corrected chi connectivity index (χ3v) is 5.71. The average Bonchev–Trinajstić information content (AvgIpc) is 2.54. The van der Waals surface area contributed by atoms with Crippen LogP contribution in [-0.2, 0) is 6.54 Å². The van der Waals surface area contributed by atoms with Crippen molar-refractivity contribution < 1.29 is 5.11 Å². The van der Waals surface area contributed by atoms with Gasteiger partial charge in [-0.25, -0.2) is 4.98 Å². The zero-order valence-corrected chi connectivity index (χ0v) is 17.5. The van der Waals surface area contributed by atoms with Crippen molar-refractivity contribution in [2.45, 2.75) is 70.9 Å². The summed E-state index contributed by atoms with van der Waals surface area (Å²) in [5.41, 5.74) is -0.126. The number of nitrogens with zero attached hydrogens (tertiary/aromatic N) is 3. The van der Waals surface area contributed by atoms with Crippen molar-refractivity contribution in [3.8, 4) is 0 Å². The minimum absolute atomic E-state index is 0.0127. The predicted molar refractivity (Wildman–Crippen MR) is 110 cm³/mol. The number of rotatable bonds is 8. The predicted octanol–water partition coefficient (Wildman–Crippen LogP) is 3.38. The molecule has 0 atom stereocenters. The van der Waals surface area contributed by atoms with Gasteiger partial charge in [0.2, 0.25) is 0 Å². The molecule has 0 spiro atoms. The van der Waals surface area contributed by atoms with Gasteiger partial charge >= 0.3 is 0 Å². The molecule has 0 bridgehead atoms. The van der Waals surface area contributed by atoms with Crippen molar-refractivity contribution in [1.29, 1.82) is 0 Å². The monoisotopic (exact) mass is 377 g/mol. The minimum atomic E-state index is -0.819. The Morgan fingerprint density at radius 2 is 1.81 bits per heavy atom. The molecule has 0 saturated carbocycles. The molecule has 144 valence electrons. The van der Waals surface area contributed by atoms with Crippen molar-refractivity contribution in [2.75, 3.05) is 12.3 Å². The van der Waals surface area contributed by atoms with Crippen LogP contribution >= 0.6 is 11.8 Å². The Bertz CT molecular complexity index is 786. The SMILES string of the molecule is CC(C)N(CCn1c(SCC(C)(C)O)nc2ccccc2c1=O)C(C)C. The fraction of sp³-hybridized carbons (Fsp3) is 0.600. The molecule has 0 amide bonds. The van der Waals surface area contributed by atoms with Crippen LogP contribution < -0.4 is 5.56 Å². The third kappa shape index (κ3) is 5.32. The largest absolute Gasteiger partial charge is 0.390 e. The van der Waals surface area contributed by atoms with Crippen LogP contribution in [0.5, 0.6) is 0 Å². The molecule has 0 aliphatic carbocycles. The molecule has 0 unspecified atom stereocenters. The molecule has 2 rings (SSSR count). The maximum Gasteiger partial charge on any atom is 0.262 e. The highest BCUT2D eigenvalue weighted by atomic mass is 32.2. The van der Waals surface area contributed by atoms with Gasteiger partial charge in [0.25, 0.3) is 5.56 Å². The van der Waals surface area contributed by atoms with Gasteiger partial charge in [-0.15, -0.1) is 0 Å². The summed E-state index contributed by atoms with van der Waals surface area (Å²) in [5.74, 6) is 0.482. The van der Waals surface area contributed by atoms with Gasteiger partial charge in [-0.1, -0.05) is 23.9 Å². The van der Waals surface area contributed by atoms with Crippen molar-refractivity contribution in [1.82, 2.24) is 14.5 Å². The molecule has 1 heterocycles. The number of para-hydroxylation sites is 1. The zero-order chi connectivity index (χ0) is 19.5. The summed E-state index contributed by atoms with van der Waals surface area (Å²) < 4.78 is 1.76. The first-order chi connectivity index (χ1) is 12.1. The van der Waals surface area contributed by atoms with Gasteiger partial charge in [0, 0.05) is 30.9 Å². The van der Waals surface area contributed by atoms with Gasteiger partial charge < -0.3 is 5.11 Å². The van der Waals surface area contributed by atoms with Crippen LogP contribution in [0.25, 0.3) is 10.9 Å². The van der Waals surface area contributed by atoms with Crippen molar-refractivity contribution >= 4 is 22.7 Å². The summed E-state index contributed by atoms with van der Waals surface area (Å²) in [4.78, 5) is 20.1. The van der Waals surface area contributed by atoms with E-state index in [9.17, 15) is 9.90 Å². The number of thioether (sulfide) groups is 1. The van der Waals surface area contributed by atoms with Crippen LogP contribution in [0.4, 0.5) is 0 Å². The Hall–Kier alpha value is -1.37. The van der Waals surface area contributed by atoms with Crippen molar-refractivity contribution in [3.05, 3.63) is 34.6 Å². The second kappa shape index (κ2) is 8.55. The molecule has 2 aromatic rings. The summed E-state index contributed by atoms with van der Waals surface area (Å²) >= 11 is 1.43. The van der Waals surface area contributed by atoms with Crippen LogP contribution in [0.1, 0.15) is 41.5 Å². The topological polar surface area (TPSA) is 58.4 Å². The van der Waals surface area contributed by atoms with Gasteiger partial charge in [0.15, 0.2) is 5.16 Å². The lowest BCUT2D eigenvalue weighted by Gasteiger charge is -2.31. The molecule has 26 heavy (non-hydrogen) atoms. The molecule has 1 aromatic carbocycles. The van der Waals surface area contributed by atoms with E-state index in [2.05, 4.69) is 32.6 Å². The van der Waals surface area contributed by atoms with Crippen LogP contribution in [-0.4, -0.2) is 49.5 Å². The van der Waals surface area contributed by atoms with Gasteiger partial charge in [-0.2, -0.15) is 0 Å². The number of benzene rings is 1. The van der Waals surface area contributed by atoms with E-state index in [4.69, 9.17) is 4.98 Å². The summed E-state index contributed by atoms with van der Waals surface area (Å²) in [6.07, 6.45) is 0. The standard InChI is InChI=1S/C20H31N3O2S/c1-14(2)22(15(3)4)11-12-23-18(24)16-9-7-8-10-17(16)21-19(23)26-13-20(5,6)25/h7-10,14-15,25H,11-13H2,1-6H3. The Kier molecular flexibility index (Phi) is 6.88. The fourth-order valence-corrected chi connectivity index (χ4v) is 4.00. The van der Waals surface area contributed by atoms with E-state index in [-0.39, 0.29) is 5.56 Å².